The molecule has 2 atom stereocenters. The lowest BCUT2D eigenvalue weighted by Gasteiger charge is -2.29. The first-order valence-corrected chi connectivity index (χ1v) is 14.0. The van der Waals surface area contributed by atoms with E-state index < -0.39 is 11.7 Å². The van der Waals surface area contributed by atoms with Gasteiger partial charge >= 0.3 is 0 Å². The Labute approximate surface area is 245 Å². The maximum Gasteiger partial charge on any atom is 0.256 e. The van der Waals surface area contributed by atoms with Gasteiger partial charge in [0.2, 0.25) is 0 Å². The van der Waals surface area contributed by atoms with Gasteiger partial charge in [-0.2, -0.15) is 0 Å². The number of nitrogens with one attached hydrogen (secondary N) is 1. The van der Waals surface area contributed by atoms with Crippen molar-refractivity contribution in [3.8, 4) is 11.3 Å². The molecule has 3 N–H and O–H groups in total. The van der Waals surface area contributed by atoms with Gasteiger partial charge < -0.3 is 11.1 Å². The Hall–Kier alpha value is -3.71. The molecule has 3 heterocycles. The summed E-state index contributed by atoms with van der Waals surface area (Å²) in [5.41, 5.74) is 8.78. The lowest BCUT2D eigenvalue weighted by Crippen LogP contribution is -2.26. The number of likely N-dealkylation sites (N-methyl/N-ethyl adjacent to an activating group) is 1. The van der Waals surface area contributed by atoms with Crippen LogP contribution < -0.4 is 11.1 Å². The van der Waals surface area contributed by atoms with E-state index in [0.717, 1.165) is 43.1 Å². The molecule has 206 valence electrons. The summed E-state index contributed by atoms with van der Waals surface area (Å²) < 4.78 is 17.4. The highest BCUT2D eigenvalue weighted by atomic mass is 127. The van der Waals surface area contributed by atoms with E-state index >= 15 is 0 Å². The van der Waals surface area contributed by atoms with E-state index in [1.165, 1.54) is 12.3 Å². The molecule has 1 saturated carbocycles. The van der Waals surface area contributed by atoms with Gasteiger partial charge in [0.25, 0.3) is 5.91 Å². The summed E-state index contributed by atoms with van der Waals surface area (Å²) in [6.45, 7) is 0.690. The minimum absolute atomic E-state index is 0.0601. The minimum Gasteiger partial charge on any atom is -0.382 e. The fourth-order valence-corrected chi connectivity index (χ4v) is 5.44. The van der Waals surface area contributed by atoms with E-state index in [-0.39, 0.29) is 23.4 Å². The second-order valence-corrected chi connectivity index (χ2v) is 11.5. The molecule has 1 aliphatic carbocycles. The summed E-state index contributed by atoms with van der Waals surface area (Å²) >= 11 is 2.19. The Morgan fingerprint density at radius 1 is 1.18 bits per heavy atom. The van der Waals surface area contributed by atoms with Crippen LogP contribution in [0.25, 0.3) is 16.8 Å². The Balaban J connectivity index is 1.46. The molecule has 1 aromatic carbocycles. The zero-order valence-electron chi connectivity index (χ0n) is 21.9. The molecule has 1 unspecified atom stereocenters. The van der Waals surface area contributed by atoms with Crippen LogP contribution in [0, 0.1) is 11.7 Å². The Morgan fingerprint density at radius 3 is 2.70 bits per heavy atom. The molecule has 5 rings (SSSR count). The zero-order valence-corrected chi connectivity index (χ0v) is 24.1. The van der Waals surface area contributed by atoms with E-state index in [4.69, 9.17) is 10.7 Å². The van der Waals surface area contributed by atoms with Gasteiger partial charge in [0.1, 0.15) is 34.5 Å². The van der Waals surface area contributed by atoms with Crippen LogP contribution >= 0.6 is 22.9 Å². The largest absolute Gasteiger partial charge is 0.382 e. The predicted molar refractivity (Wildman–Crippen MR) is 160 cm³/mol. The average molecular weight is 654 g/mol. The Morgan fingerprint density at radius 2 is 1.95 bits per heavy atom. The van der Waals surface area contributed by atoms with Crippen molar-refractivity contribution in [2.24, 2.45) is 5.92 Å². The van der Waals surface area contributed by atoms with Gasteiger partial charge in [-0.15, -0.1) is 0 Å². The van der Waals surface area contributed by atoms with E-state index in [1.54, 1.807) is 36.5 Å². The van der Waals surface area contributed by atoms with Gasteiger partial charge in [0.05, 0.1) is 0 Å². The molecule has 1 amide bonds. The number of rotatable bonds is 8. The second kappa shape index (κ2) is 12.2. The lowest BCUT2D eigenvalue weighted by atomic mass is 9.76. The first-order chi connectivity index (χ1) is 19.3. The summed E-state index contributed by atoms with van der Waals surface area (Å²) in [5.74, 6) is 0.244. The number of nitrogens with two attached hydrogens (primary N) is 1. The monoisotopic (exact) mass is 653 g/mol. The molecule has 1 fully saturated rings. The van der Waals surface area contributed by atoms with Crippen LogP contribution in [0.1, 0.15) is 47.8 Å². The molecule has 0 radical (unpaired) electrons. The third kappa shape index (κ3) is 6.04. The van der Waals surface area contributed by atoms with E-state index in [0.29, 0.717) is 29.1 Å². The standard InChI is InChI=1S/C29H29FIN7O2/c1-37(31)15-4-7-23(39)21-5-2-3-6-22(21)28-36-25(26-27(32)34-14-16-38(26)28)18-8-10-19(11-9-18)29(40)35-24-17-20(30)12-13-33-24/h4,7-14,16-17,21-22H,2-3,5-6,15H2,1H3,(H2,32,34)(H,33,35,40)/b7-4+/t21?,22-/m1/s1. The van der Waals surface area contributed by atoms with Crippen LogP contribution in [0.3, 0.4) is 0 Å². The van der Waals surface area contributed by atoms with Crippen molar-refractivity contribution in [2.75, 3.05) is 24.6 Å². The highest BCUT2D eigenvalue weighted by molar-refractivity contribution is 14.1. The molecule has 0 bridgehead atoms. The van der Waals surface area contributed by atoms with Crippen molar-refractivity contribution < 1.29 is 14.0 Å². The molecule has 11 heteroatoms. The Kier molecular flexibility index (Phi) is 8.50. The first kappa shape index (κ1) is 27.8. The quantitative estimate of drug-likeness (QED) is 0.148. The SMILES string of the molecule is CN(I)C/C=C/C(=O)C1CCCC[C@H]1c1nc(-c2ccc(C(=O)Nc3cc(F)ccn3)cc2)c2c(N)nccn12. The normalized spacial score (nSPS) is 17.5. The number of allylic oxidation sites excluding steroid dienone is 1. The van der Waals surface area contributed by atoms with Crippen LogP contribution in [-0.2, 0) is 4.79 Å². The number of benzene rings is 1. The van der Waals surface area contributed by atoms with Crippen molar-refractivity contribution in [3.63, 3.8) is 0 Å². The molecule has 40 heavy (non-hydrogen) atoms. The number of amides is 1. The van der Waals surface area contributed by atoms with Gasteiger partial charge in [-0.25, -0.2) is 22.5 Å². The smallest absolute Gasteiger partial charge is 0.256 e. The number of fused-ring (bicyclic) bond motifs is 1. The zero-order chi connectivity index (χ0) is 28.2. The number of pyridine rings is 1. The summed E-state index contributed by atoms with van der Waals surface area (Å²) in [6.07, 6.45) is 12.0. The molecular weight excluding hydrogens is 624 g/mol. The topological polar surface area (TPSA) is 119 Å². The van der Waals surface area contributed by atoms with Crippen molar-refractivity contribution in [1.29, 1.82) is 0 Å². The number of anilines is 2. The number of hydrogen-bond acceptors (Lipinski definition) is 7. The number of carbonyl (C=O) groups excluding carboxylic acids is 2. The number of carbonyl (C=O) groups is 2. The molecule has 4 aromatic rings. The maximum atomic E-state index is 13.5. The number of ketones is 1. The number of hydrogen-bond donors (Lipinski definition) is 2. The van der Waals surface area contributed by atoms with Crippen LogP contribution in [0.4, 0.5) is 16.0 Å². The minimum atomic E-state index is -0.486. The molecule has 0 saturated heterocycles. The molecular formula is C29H29FIN7O2. The number of halogens is 2. The van der Waals surface area contributed by atoms with E-state index in [9.17, 15) is 14.0 Å². The van der Waals surface area contributed by atoms with Crippen molar-refractivity contribution >= 4 is 51.7 Å². The first-order valence-electron chi connectivity index (χ1n) is 13.0. The summed E-state index contributed by atoms with van der Waals surface area (Å²) in [4.78, 5) is 39.3. The number of nitrogens with zero attached hydrogens (tertiary/aromatic N) is 5. The van der Waals surface area contributed by atoms with E-state index in [2.05, 4.69) is 38.1 Å². The van der Waals surface area contributed by atoms with E-state index in [1.807, 2.05) is 26.8 Å². The number of nitrogen functional groups attached to an aromatic ring is 1. The fourth-order valence-electron chi connectivity index (χ4n) is 5.21. The van der Waals surface area contributed by atoms with Crippen molar-refractivity contribution in [2.45, 2.75) is 31.6 Å². The fraction of sp³-hybridized carbons (Fsp3) is 0.276. The van der Waals surface area contributed by atoms with Crippen LogP contribution in [0.5, 0.6) is 0 Å². The molecule has 0 spiro atoms. The van der Waals surface area contributed by atoms with Crippen LogP contribution in [-0.4, -0.2) is 47.7 Å². The number of imidazole rings is 1. The Bertz CT molecular complexity index is 1570. The van der Waals surface area contributed by atoms with Crippen LogP contribution in [0.2, 0.25) is 0 Å². The van der Waals surface area contributed by atoms with Crippen molar-refractivity contribution in [1.82, 2.24) is 22.5 Å². The van der Waals surface area contributed by atoms with Gasteiger partial charge in [-0.1, -0.05) is 31.1 Å². The third-order valence-corrected chi connectivity index (χ3v) is 7.49. The average Bonchev–Trinajstić information content (AvgIpc) is 3.34. The van der Waals surface area contributed by atoms with Gasteiger partial charge in [-0.05, 0) is 44.2 Å². The van der Waals surface area contributed by atoms with Gasteiger partial charge in [-0.3, -0.25) is 14.0 Å². The summed E-state index contributed by atoms with van der Waals surface area (Å²) in [6, 6.07) is 9.29. The highest BCUT2D eigenvalue weighted by Gasteiger charge is 2.34. The third-order valence-electron chi connectivity index (χ3n) is 7.10. The maximum absolute atomic E-state index is 13.5. The highest BCUT2D eigenvalue weighted by Crippen LogP contribution is 2.40. The summed E-state index contributed by atoms with van der Waals surface area (Å²) in [5, 5.41) is 2.60. The van der Waals surface area contributed by atoms with Gasteiger partial charge in [0.15, 0.2) is 5.78 Å². The number of aromatic nitrogens is 4. The molecule has 1 aliphatic rings. The summed E-state index contributed by atoms with van der Waals surface area (Å²) in [7, 11) is 1.95. The second-order valence-electron chi connectivity index (χ2n) is 9.83. The van der Waals surface area contributed by atoms with Crippen molar-refractivity contribution in [3.05, 3.63) is 84.3 Å². The van der Waals surface area contributed by atoms with Gasteiger partial charge in [0, 0.05) is 77.0 Å². The molecule has 9 nitrogen and oxygen atoms in total. The lowest BCUT2D eigenvalue weighted by molar-refractivity contribution is -0.119. The molecule has 3 aromatic heterocycles. The van der Waals surface area contributed by atoms with Crippen LogP contribution in [0.15, 0.2) is 67.1 Å². The molecule has 0 aliphatic heterocycles. The predicted octanol–water partition coefficient (Wildman–Crippen LogP) is 5.45.